The van der Waals surface area contributed by atoms with Gasteiger partial charge < -0.3 is 15.7 Å². The molecule has 0 aliphatic carbocycles. The van der Waals surface area contributed by atoms with Crippen LogP contribution in [0.4, 0.5) is 0 Å². The Balaban J connectivity index is 2.44. The molecule has 0 heterocycles. The second-order valence-electron chi connectivity index (χ2n) is 4.30. The maximum absolute atomic E-state index is 11.9. The van der Waals surface area contributed by atoms with E-state index in [4.69, 9.17) is 5.11 Å². The minimum Gasteiger partial charge on any atom is -0.480 e. The normalized spacial score (nSPS) is 11.4. The summed E-state index contributed by atoms with van der Waals surface area (Å²) in [4.78, 5) is 33.0. The Bertz CT molecular complexity index is 448. The average Bonchev–Trinajstić information content (AvgIpc) is 2.46. The van der Waals surface area contributed by atoms with E-state index in [1.165, 1.54) is 0 Å². The summed E-state index contributed by atoms with van der Waals surface area (Å²) in [6, 6.07) is 7.56. The number of carbonyl (C=O) groups is 3. The third-order valence-electron chi connectivity index (χ3n) is 2.79. The minimum atomic E-state index is -1.06. The van der Waals surface area contributed by atoms with E-state index in [1.54, 1.807) is 30.3 Å². The summed E-state index contributed by atoms with van der Waals surface area (Å²) >= 11 is 0. The van der Waals surface area contributed by atoms with Crippen LogP contribution < -0.4 is 10.6 Å². The van der Waals surface area contributed by atoms with E-state index in [2.05, 4.69) is 10.6 Å². The Morgan fingerprint density at radius 2 is 1.90 bits per heavy atom. The summed E-state index contributed by atoms with van der Waals surface area (Å²) in [5.74, 6) is -1.46. The Morgan fingerprint density at radius 3 is 2.50 bits per heavy atom. The van der Waals surface area contributed by atoms with E-state index in [-0.39, 0.29) is 0 Å². The number of hydrogen-bond acceptors (Lipinski definition) is 3. The second-order valence-corrected chi connectivity index (χ2v) is 4.30. The van der Waals surface area contributed by atoms with Gasteiger partial charge in [-0.15, -0.1) is 0 Å². The van der Waals surface area contributed by atoms with Crippen LogP contribution in [0.25, 0.3) is 0 Å². The lowest BCUT2D eigenvalue weighted by Crippen LogP contribution is -2.40. The first-order valence-electron chi connectivity index (χ1n) is 6.41. The number of amides is 2. The molecule has 0 spiro atoms. The van der Waals surface area contributed by atoms with E-state index in [0.717, 1.165) is 0 Å². The van der Waals surface area contributed by atoms with Crippen LogP contribution in [0.3, 0.4) is 0 Å². The third-order valence-corrected chi connectivity index (χ3v) is 2.79. The molecule has 6 heteroatoms. The van der Waals surface area contributed by atoms with Crippen molar-refractivity contribution in [1.82, 2.24) is 10.6 Å². The Kier molecular flexibility index (Phi) is 6.81. The molecule has 0 aliphatic rings. The summed E-state index contributed by atoms with van der Waals surface area (Å²) in [5.41, 5.74) is 0.432. The molecule has 6 nitrogen and oxygen atoms in total. The molecule has 0 radical (unpaired) electrons. The fraction of sp³-hybridized carbons (Fsp3) is 0.357. The van der Waals surface area contributed by atoms with Crippen molar-refractivity contribution in [2.45, 2.75) is 25.3 Å². The van der Waals surface area contributed by atoms with Crippen LogP contribution in [0.5, 0.6) is 0 Å². The fourth-order valence-corrected chi connectivity index (χ4v) is 1.72. The number of nitrogens with one attached hydrogen (secondary N) is 2. The van der Waals surface area contributed by atoms with Gasteiger partial charge in [0.2, 0.25) is 6.41 Å². The molecule has 108 valence electrons. The Hall–Kier alpha value is -2.37. The zero-order chi connectivity index (χ0) is 14.8. The van der Waals surface area contributed by atoms with Crippen molar-refractivity contribution in [2.75, 3.05) is 6.54 Å². The summed E-state index contributed by atoms with van der Waals surface area (Å²) in [6.45, 7) is 0.502. The van der Waals surface area contributed by atoms with Crippen LogP contribution in [0.1, 0.15) is 29.6 Å². The van der Waals surface area contributed by atoms with E-state index in [1.807, 2.05) is 0 Å². The molecular weight excluding hydrogens is 260 g/mol. The highest BCUT2D eigenvalue weighted by Crippen LogP contribution is 2.04. The molecular formula is C14H18N2O4. The van der Waals surface area contributed by atoms with Crippen LogP contribution in [0.15, 0.2) is 30.3 Å². The largest absolute Gasteiger partial charge is 0.480 e. The highest BCUT2D eigenvalue weighted by Gasteiger charge is 2.19. The first-order chi connectivity index (χ1) is 9.65. The fourth-order valence-electron chi connectivity index (χ4n) is 1.72. The van der Waals surface area contributed by atoms with Crippen molar-refractivity contribution in [3.05, 3.63) is 35.9 Å². The summed E-state index contributed by atoms with van der Waals surface area (Å²) < 4.78 is 0. The number of hydrogen-bond donors (Lipinski definition) is 3. The second kappa shape index (κ2) is 8.68. The highest BCUT2D eigenvalue weighted by molar-refractivity contribution is 5.96. The van der Waals surface area contributed by atoms with Crippen molar-refractivity contribution < 1.29 is 19.5 Å². The Labute approximate surface area is 117 Å². The van der Waals surface area contributed by atoms with Gasteiger partial charge in [-0.1, -0.05) is 18.2 Å². The van der Waals surface area contributed by atoms with E-state index in [9.17, 15) is 14.4 Å². The van der Waals surface area contributed by atoms with Gasteiger partial charge in [-0.2, -0.15) is 0 Å². The van der Waals surface area contributed by atoms with Crippen LogP contribution in [-0.4, -0.2) is 36.0 Å². The van der Waals surface area contributed by atoms with Crippen molar-refractivity contribution in [1.29, 1.82) is 0 Å². The molecule has 1 aromatic rings. The molecule has 1 rings (SSSR count). The molecule has 0 bridgehead atoms. The van der Waals surface area contributed by atoms with Gasteiger partial charge in [-0.05, 0) is 31.4 Å². The van der Waals surface area contributed by atoms with Gasteiger partial charge in [0.05, 0.1) is 0 Å². The van der Waals surface area contributed by atoms with Crippen LogP contribution in [0.2, 0.25) is 0 Å². The third kappa shape index (κ3) is 5.51. The number of carbonyl (C=O) groups excluding carboxylic acids is 2. The SMILES string of the molecule is O=CNCCCCC(NC(=O)c1ccccc1)C(=O)O. The highest BCUT2D eigenvalue weighted by atomic mass is 16.4. The molecule has 0 aromatic heterocycles. The molecule has 0 saturated carbocycles. The van der Waals surface area contributed by atoms with Gasteiger partial charge in [0.15, 0.2) is 0 Å². The zero-order valence-electron chi connectivity index (χ0n) is 11.0. The molecule has 1 aromatic carbocycles. The molecule has 0 aliphatic heterocycles. The molecule has 3 N–H and O–H groups in total. The number of carboxylic acid groups (broad SMARTS) is 1. The van der Waals surface area contributed by atoms with Gasteiger partial charge in [-0.3, -0.25) is 9.59 Å². The lowest BCUT2D eigenvalue weighted by atomic mass is 10.1. The number of unbranched alkanes of at least 4 members (excludes halogenated alkanes) is 1. The standard InChI is InChI=1S/C14H18N2O4/c17-10-15-9-5-4-8-12(14(19)20)16-13(18)11-6-2-1-3-7-11/h1-3,6-7,10,12H,4-5,8-9H2,(H,15,17)(H,16,18)(H,19,20). The summed E-state index contributed by atoms with van der Waals surface area (Å²) in [6.07, 6.45) is 2.21. The van der Waals surface area contributed by atoms with E-state index in [0.29, 0.717) is 37.8 Å². The molecule has 1 unspecified atom stereocenters. The van der Waals surface area contributed by atoms with Gasteiger partial charge in [0.1, 0.15) is 6.04 Å². The molecule has 20 heavy (non-hydrogen) atoms. The summed E-state index contributed by atoms with van der Waals surface area (Å²) in [5, 5.41) is 14.1. The number of rotatable bonds is 9. The lowest BCUT2D eigenvalue weighted by molar-refractivity contribution is -0.139. The van der Waals surface area contributed by atoms with Crippen LogP contribution in [0, 0.1) is 0 Å². The maximum atomic E-state index is 11.9. The lowest BCUT2D eigenvalue weighted by Gasteiger charge is -2.14. The molecule has 1 atom stereocenters. The predicted octanol–water partition coefficient (Wildman–Crippen LogP) is 0.786. The molecule has 2 amide bonds. The predicted molar refractivity (Wildman–Crippen MR) is 73.2 cm³/mol. The van der Waals surface area contributed by atoms with E-state index >= 15 is 0 Å². The molecule has 0 saturated heterocycles. The average molecular weight is 278 g/mol. The first-order valence-corrected chi connectivity index (χ1v) is 6.41. The van der Waals surface area contributed by atoms with Crippen molar-refractivity contribution in [3.8, 4) is 0 Å². The number of benzene rings is 1. The monoisotopic (exact) mass is 278 g/mol. The maximum Gasteiger partial charge on any atom is 0.326 e. The van der Waals surface area contributed by atoms with Crippen molar-refractivity contribution >= 4 is 18.3 Å². The number of aliphatic carboxylic acids is 1. The van der Waals surface area contributed by atoms with Crippen molar-refractivity contribution in [3.63, 3.8) is 0 Å². The van der Waals surface area contributed by atoms with Crippen LogP contribution >= 0.6 is 0 Å². The number of carboxylic acids is 1. The van der Waals surface area contributed by atoms with Gasteiger partial charge in [-0.25, -0.2) is 4.79 Å². The van der Waals surface area contributed by atoms with Gasteiger partial charge >= 0.3 is 5.97 Å². The van der Waals surface area contributed by atoms with E-state index < -0.39 is 17.9 Å². The quantitative estimate of drug-likeness (QED) is 0.459. The summed E-state index contributed by atoms with van der Waals surface area (Å²) in [7, 11) is 0. The van der Waals surface area contributed by atoms with Gasteiger partial charge in [0.25, 0.3) is 5.91 Å². The first kappa shape index (κ1) is 15.7. The molecule has 0 fully saturated rings. The Morgan fingerprint density at radius 1 is 1.20 bits per heavy atom. The topological polar surface area (TPSA) is 95.5 Å². The van der Waals surface area contributed by atoms with Crippen LogP contribution in [-0.2, 0) is 9.59 Å². The minimum absolute atomic E-state index is 0.328. The van der Waals surface area contributed by atoms with Crippen molar-refractivity contribution in [2.24, 2.45) is 0 Å². The van der Waals surface area contributed by atoms with Gasteiger partial charge in [0, 0.05) is 12.1 Å². The zero-order valence-corrected chi connectivity index (χ0v) is 11.0. The smallest absolute Gasteiger partial charge is 0.326 e.